The maximum Gasteiger partial charge on any atom is 0.0712 e. The lowest BCUT2D eigenvalue weighted by Gasteiger charge is -2.08. The molecule has 4 rings (SSSR count). The lowest BCUT2D eigenvalue weighted by atomic mass is 10.0. The van der Waals surface area contributed by atoms with E-state index in [-0.39, 0.29) is 0 Å². The molecule has 0 N–H and O–H groups in total. The fraction of sp³-hybridized carbons (Fsp3) is 0.0952. The first kappa shape index (κ1) is 13.0. The molecule has 3 aromatic carbocycles. The molecule has 0 unspecified atom stereocenters. The van der Waals surface area contributed by atoms with Crippen molar-refractivity contribution in [3.05, 3.63) is 77.9 Å². The number of aryl methyl sites for hydroxylation is 2. The molecule has 0 spiro atoms. The number of hydrogen-bond donors (Lipinski definition) is 0. The van der Waals surface area contributed by atoms with Crippen molar-refractivity contribution in [2.75, 3.05) is 0 Å². The van der Waals surface area contributed by atoms with Crippen molar-refractivity contribution in [2.24, 2.45) is 0 Å². The average Bonchev–Trinajstić information content (AvgIpc) is 2.55. The smallest absolute Gasteiger partial charge is 0.0712 e. The molecule has 4 aromatic rings. The van der Waals surface area contributed by atoms with Crippen molar-refractivity contribution in [3.8, 4) is 11.3 Å². The second-order valence-corrected chi connectivity index (χ2v) is 5.91. The summed E-state index contributed by atoms with van der Waals surface area (Å²) in [5.74, 6) is 0. The van der Waals surface area contributed by atoms with E-state index in [1.165, 1.54) is 32.8 Å². The van der Waals surface area contributed by atoms with E-state index in [1.807, 2.05) is 0 Å². The lowest BCUT2D eigenvalue weighted by Crippen LogP contribution is -1.89. The van der Waals surface area contributed by atoms with Gasteiger partial charge in [0.05, 0.1) is 11.2 Å². The van der Waals surface area contributed by atoms with Crippen LogP contribution in [-0.2, 0) is 0 Å². The molecule has 0 amide bonds. The van der Waals surface area contributed by atoms with Crippen molar-refractivity contribution in [3.63, 3.8) is 0 Å². The van der Waals surface area contributed by atoms with E-state index in [2.05, 4.69) is 80.6 Å². The molecule has 0 fully saturated rings. The van der Waals surface area contributed by atoms with Crippen LogP contribution in [0.5, 0.6) is 0 Å². The van der Waals surface area contributed by atoms with E-state index >= 15 is 0 Å². The summed E-state index contributed by atoms with van der Waals surface area (Å²) in [6.07, 6.45) is 0. The average molecular weight is 283 g/mol. The number of nitrogens with zero attached hydrogens (tertiary/aromatic N) is 1. The van der Waals surface area contributed by atoms with Crippen LogP contribution in [0.4, 0.5) is 0 Å². The Morgan fingerprint density at radius 2 is 1.55 bits per heavy atom. The fourth-order valence-corrected chi connectivity index (χ4v) is 3.00. The van der Waals surface area contributed by atoms with Gasteiger partial charge in [0.15, 0.2) is 0 Å². The summed E-state index contributed by atoms with van der Waals surface area (Å²) in [7, 11) is 0. The molecular formula is C21H17N. The summed E-state index contributed by atoms with van der Waals surface area (Å²) < 4.78 is 0. The van der Waals surface area contributed by atoms with Gasteiger partial charge in [-0.15, -0.1) is 0 Å². The van der Waals surface area contributed by atoms with E-state index in [1.54, 1.807) is 0 Å². The Balaban J connectivity index is 1.93. The van der Waals surface area contributed by atoms with Crippen LogP contribution in [0.1, 0.15) is 11.1 Å². The van der Waals surface area contributed by atoms with Gasteiger partial charge < -0.3 is 0 Å². The summed E-state index contributed by atoms with van der Waals surface area (Å²) >= 11 is 0. The van der Waals surface area contributed by atoms with Gasteiger partial charge in [-0.1, -0.05) is 48.0 Å². The van der Waals surface area contributed by atoms with E-state index in [4.69, 9.17) is 4.98 Å². The van der Waals surface area contributed by atoms with Crippen molar-refractivity contribution >= 4 is 21.7 Å². The normalized spacial score (nSPS) is 11.2. The van der Waals surface area contributed by atoms with E-state index in [0.717, 1.165) is 11.2 Å². The van der Waals surface area contributed by atoms with Crippen LogP contribution >= 0.6 is 0 Å². The number of rotatable bonds is 1. The van der Waals surface area contributed by atoms with Crippen molar-refractivity contribution in [2.45, 2.75) is 13.8 Å². The summed E-state index contributed by atoms with van der Waals surface area (Å²) in [6, 6.07) is 23.6. The van der Waals surface area contributed by atoms with Gasteiger partial charge in [-0.2, -0.15) is 0 Å². The maximum atomic E-state index is 4.85. The minimum absolute atomic E-state index is 1.04. The summed E-state index contributed by atoms with van der Waals surface area (Å²) in [5, 5.41) is 3.76. The van der Waals surface area contributed by atoms with Gasteiger partial charge in [0, 0.05) is 10.9 Å². The molecule has 1 nitrogen and oxygen atoms in total. The molecule has 0 atom stereocenters. The fourth-order valence-electron chi connectivity index (χ4n) is 3.00. The van der Waals surface area contributed by atoms with Crippen LogP contribution in [0.15, 0.2) is 66.7 Å². The predicted octanol–water partition coefficient (Wildman–Crippen LogP) is 5.67. The molecule has 1 heteroatoms. The number of benzene rings is 3. The number of aromatic nitrogens is 1. The SMILES string of the molecule is Cc1ccc2nc(-c3ccc4ccccc4c3)cc(C)c2c1. The number of pyridine rings is 1. The number of fused-ring (bicyclic) bond motifs is 2. The van der Waals surface area contributed by atoms with Gasteiger partial charge in [-0.05, 0) is 54.4 Å². The molecule has 106 valence electrons. The zero-order chi connectivity index (χ0) is 15.1. The van der Waals surface area contributed by atoms with Gasteiger partial charge in [-0.3, -0.25) is 0 Å². The number of hydrogen-bond acceptors (Lipinski definition) is 1. The quantitative estimate of drug-likeness (QED) is 0.438. The minimum atomic E-state index is 1.04. The molecule has 0 saturated carbocycles. The summed E-state index contributed by atoms with van der Waals surface area (Å²) in [4.78, 5) is 4.85. The Hall–Kier alpha value is -2.67. The van der Waals surface area contributed by atoms with Crippen LogP contribution in [0.2, 0.25) is 0 Å². The molecule has 0 saturated heterocycles. The van der Waals surface area contributed by atoms with Crippen LogP contribution in [0.3, 0.4) is 0 Å². The summed E-state index contributed by atoms with van der Waals surface area (Å²) in [6.45, 7) is 4.28. The Labute approximate surface area is 130 Å². The topological polar surface area (TPSA) is 12.9 Å². The molecule has 0 bridgehead atoms. The van der Waals surface area contributed by atoms with E-state index in [0.29, 0.717) is 0 Å². The molecule has 22 heavy (non-hydrogen) atoms. The lowest BCUT2D eigenvalue weighted by molar-refractivity contribution is 1.35. The third-order valence-electron chi connectivity index (χ3n) is 4.22. The largest absolute Gasteiger partial charge is 0.248 e. The highest BCUT2D eigenvalue weighted by atomic mass is 14.7. The van der Waals surface area contributed by atoms with Crippen molar-refractivity contribution in [1.29, 1.82) is 0 Å². The molecule has 0 aliphatic rings. The Morgan fingerprint density at radius 1 is 0.727 bits per heavy atom. The molecule has 0 radical (unpaired) electrons. The van der Waals surface area contributed by atoms with Gasteiger partial charge in [0.2, 0.25) is 0 Å². The standard InChI is InChI=1S/C21H17N/c1-14-7-10-20-19(11-14)15(2)12-21(22-20)18-9-8-16-5-3-4-6-17(16)13-18/h3-13H,1-2H3. The summed E-state index contributed by atoms with van der Waals surface area (Å²) in [5.41, 5.74) is 5.82. The molecular weight excluding hydrogens is 266 g/mol. The molecule has 1 aromatic heterocycles. The Morgan fingerprint density at radius 3 is 2.41 bits per heavy atom. The Bertz CT molecular complexity index is 999. The molecule has 0 aliphatic carbocycles. The Kier molecular flexibility index (Phi) is 2.93. The monoisotopic (exact) mass is 283 g/mol. The highest BCUT2D eigenvalue weighted by Gasteiger charge is 2.06. The first-order valence-electron chi connectivity index (χ1n) is 7.58. The zero-order valence-electron chi connectivity index (χ0n) is 12.8. The van der Waals surface area contributed by atoms with Crippen LogP contribution in [-0.4, -0.2) is 4.98 Å². The van der Waals surface area contributed by atoms with Crippen LogP contribution in [0, 0.1) is 13.8 Å². The molecule has 0 aliphatic heterocycles. The zero-order valence-corrected chi connectivity index (χ0v) is 12.8. The third-order valence-corrected chi connectivity index (χ3v) is 4.22. The van der Waals surface area contributed by atoms with Gasteiger partial charge in [0.1, 0.15) is 0 Å². The van der Waals surface area contributed by atoms with Crippen molar-refractivity contribution in [1.82, 2.24) is 4.98 Å². The molecule has 1 heterocycles. The van der Waals surface area contributed by atoms with Crippen LogP contribution in [0.25, 0.3) is 32.9 Å². The maximum absolute atomic E-state index is 4.85. The predicted molar refractivity (Wildman–Crippen MR) is 94.2 cm³/mol. The van der Waals surface area contributed by atoms with Gasteiger partial charge in [0.25, 0.3) is 0 Å². The second-order valence-electron chi connectivity index (χ2n) is 5.91. The van der Waals surface area contributed by atoms with Crippen molar-refractivity contribution < 1.29 is 0 Å². The highest BCUT2D eigenvalue weighted by molar-refractivity contribution is 5.89. The van der Waals surface area contributed by atoms with E-state index in [9.17, 15) is 0 Å². The van der Waals surface area contributed by atoms with Gasteiger partial charge in [-0.25, -0.2) is 4.98 Å². The van der Waals surface area contributed by atoms with Crippen LogP contribution < -0.4 is 0 Å². The second kappa shape index (κ2) is 4.96. The minimum Gasteiger partial charge on any atom is -0.248 e. The van der Waals surface area contributed by atoms with Gasteiger partial charge >= 0.3 is 0 Å². The first-order valence-corrected chi connectivity index (χ1v) is 7.58. The first-order chi connectivity index (χ1) is 10.7. The third kappa shape index (κ3) is 2.15. The van der Waals surface area contributed by atoms with E-state index < -0.39 is 0 Å². The highest BCUT2D eigenvalue weighted by Crippen LogP contribution is 2.27.